The first kappa shape index (κ1) is 22.6. The molecule has 0 bridgehead atoms. The Bertz CT molecular complexity index is 977. The van der Waals surface area contributed by atoms with Crippen molar-refractivity contribution in [1.82, 2.24) is 5.32 Å². The van der Waals surface area contributed by atoms with Crippen molar-refractivity contribution in [1.29, 1.82) is 0 Å². The molecule has 0 saturated carbocycles. The van der Waals surface area contributed by atoms with Crippen molar-refractivity contribution in [2.45, 2.75) is 55.3 Å². The van der Waals surface area contributed by atoms with Crippen LogP contribution in [0, 0.1) is 0 Å². The zero-order valence-electron chi connectivity index (χ0n) is 17.0. The lowest BCUT2D eigenvalue weighted by Gasteiger charge is -2.36. The van der Waals surface area contributed by atoms with Gasteiger partial charge in [-0.1, -0.05) is 43.3 Å². The van der Waals surface area contributed by atoms with Crippen LogP contribution < -0.4 is 10.1 Å². The van der Waals surface area contributed by atoms with E-state index in [4.69, 9.17) is 4.74 Å². The maximum atomic E-state index is 13.4. The number of ether oxygens (including phenoxy) is 1. The van der Waals surface area contributed by atoms with Gasteiger partial charge in [-0.05, 0) is 42.5 Å². The number of hydrogen-bond donors (Lipinski definition) is 1. The Morgan fingerprint density at radius 1 is 1.17 bits per heavy atom. The lowest BCUT2D eigenvalue weighted by Crippen LogP contribution is -2.50. The highest BCUT2D eigenvalue weighted by Crippen LogP contribution is 2.40. The van der Waals surface area contributed by atoms with E-state index in [9.17, 15) is 21.6 Å². The zero-order chi connectivity index (χ0) is 22.0. The molecule has 0 amide bonds. The molecule has 3 rings (SSSR count). The molecule has 1 heterocycles. The predicted molar refractivity (Wildman–Crippen MR) is 109 cm³/mol. The summed E-state index contributed by atoms with van der Waals surface area (Å²) in [5, 5.41) is 3.44. The summed E-state index contributed by atoms with van der Waals surface area (Å²) in [6, 6.07) is 13.8. The van der Waals surface area contributed by atoms with E-state index in [2.05, 4.69) is 5.32 Å². The Kier molecular flexibility index (Phi) is 6.48. The van der Waals surface area contributed by atoms with Gasteiger partial charge in [0.15, 0.2) is 9.84 Å². The van der Waals surface area contributed by atoms with Gasteiger partial charge < -0.3 is 4.74 Å². The van der Waals surface area contributed by atoms with E-state index in [1.165, 1.54) is 13.2 Å². The lowest BCUT2D eigenvalue weighted by molar-refractivity contribution is -0.136. The summed E-state index contributed by atoms with van der Waals surface area (Å²) in [6.45, 7) is 1.81. The Labute approximate surface area is 175 Å². The lowest BCUT2D eigenvalue weighted by atomic mass is 9.88. The van der Waals surface area contributed by atoms with Gasteiger partial charge in [-0.3, -0.25) is 5.32 Å². The molecule has 1 aliphatic rings. The van der Waals surface area contributed by atoms with Crippen molar-refractivity contribution >= 4 is 9.84 Å². The third-order valence-corrected chi connectivity index (χ3v) is 7.67. The average molecular weight is 442 g/mol. The molecule has 0 aromatic heterocycles. The quantitative estimate of drug-likeness (QED) is 0.682. The van der Waals surface area contributed by atoms with Crippen LogP contribution in [0.2, 0.25) is 0 Å². The normalized spacial score (nSPS) is 23.4. The summed E-state index contributed by atoms with van der Waals surface area (Å²) in [5.74, 6) is 0.155. The fourth-order valence-electron chi connectivity index (χ4n) is 4.08. The third-order valence-electron chi connectivity index (χ3n) is 5.71. The summed E-state index contributed by atoms with van der Waals surface area (Å²) in [7, 11) is -2.30. The van der Waals surface area contributed by atoms with Gasteiger partial charge >= 0.3 is 6.18 Å². The largest absolute Gasteiger partial charge is 0.497 e. The number of alkyl halides is 3. The van der Waals surface area contributed by atoms with E-state index < -0.39 is 34.0 Å². The van der Waals surface area contributed by atoms with Crippen LogP contribution in [0.15, 0.2) is 53.4 Å². The van der Waals surface area contributed by atoms with Crippen LogP contribution in [-0.2, 0) is 9.84 Å². The summed E-state index contributed by atoms with van der Waals surface area (Å²) in [5.41, 5.74) is 0.458. The Morgan fingerprint density at radius 3 is 2.47 bits per heavy atom. The molecule has 2 aromatic carbocycles. The molecule has 2 atom stereocenters. The maximum Gasteiger partial charge on any atom is 0.389 e. The van der Waals surface area contributed by atoms with Crippen molar-refractivity contribution in [2.75, 3.05) is 12.9 Å². The van der Waals surface area contributed by atoms with Gasteiger partial charge in [-0.25, -0.2) is 8.42 Å². The van der Waals surface area contributed by atoms with Gasteiger partial charge in [0.05, 0.1) is 23.8 Å². The van der Waals surface area contributed by atoms with E-state index >= 15 is 0 Å². The van der Waals surface area contributed by atoms with Crippen LogP contribution in [0.3, 0.4) is 0 Å². The molecule has 1 aliphatic heterocycles. The monoisotopic (exact) mass is 441 g/mol. The molecule has 0 fully saturated rings. The van der Waals surface area contributed by atoms with Gasteiger partial charge in [-0.15, -0.1) is 0 Å². The number of hydrogen-bond acceptors (Lipinski definition) is 4. The Morgan fingerprint density at radius 2 is 1.87 bits per heavy atom. The Balaban J connectivity index is 2.10. The molecule has 1 N–H and O–H groups in total. The number of nitrogens with one attached hydrogen (secondary N) is 1. The summed E-state index contributed by atoms with van der Waals surface area (Å²) < 4.78 is 70.2. The molecular formula is C22H26F3NO3S. The molecule has 2 unspecified atom stereocenters. The first-order valence-corrected chi connectivity index (χ1v) is 11.5. The van der Waals surface area contributed by atoms with Gasteiger partial charge in [0, 0.05) is 12.0 Å². The van der Waals surface area contributed by atoms with Gasteiger partial charge in [-0.2, -0.15) is 13.2 Å². The number of benzene rings is 2. The molecule has 0 aliphatic carbocycles. The van der Waals surface area contributed by atoms with Gasteiger partial charge in [0.1, 0.15) is 5.75 Å². The van der Waals surface area contributed by atoms with Crippen LogP contribution in [0.1, 0.15) is 49.8 Å². The van der Waals surface area contributed by atoms with Crippen molar-refractivity contribution < 1.29 is 26.3 Å². The van der Waals surface area contributed by atoms with E-state index in [1.54, 1.807) is 12.1 Å². The second-order valence-corrected chi connectivity index (χ2v) is 9.71. The molecule has 0 saturated heterocycles. The fourth-order valence-corrected chi connectivity index (χ4v) is 6.23. The summed E-state index contributed by atoms with van der Waals surface area (Å²) in [6.07, 6.45) is -4.85. The standard InChI is InChI=1S/C22H26F3NO3S/c1-3-21(12-7-13-22(23,24)25)15-30(27,28)19-14-17(29-2)10-11-18(19)20(26-21)16-8-5-4-6-9-16/h4-6,8-11,14,20,26H,3,7,12-13,15H2,1-2H3. The second-order valence-electron chi connectivity index (χ2n) is 7.75. The maximum absolute atomic E-state index is 13.4. The smallest absolute Gasteiger partial charge is 0.389 e. The minimum Gasteiger partial charge on any atom is -0.497 e. The number of halogens is 3. The highest BCUT2D eigenvalue weighted by atomic mass is 32.2. The van der Waals surface area contributed by atoms with E-state index in [1.807, 2.05) is 37.3 Å². The van der Waals surface area contributed by atoms with Crippen molar-refractivity contribution in [3.63, 3.8) is 0 Å². The second kappa shape index (κ2) is 8.59. The number of sulfone groups is 1. The third kappa shape index (κ3) is 4.98. The zero-order valence-corrected chi connectivity index (χ0v) is 17.8. The van der Waals surface area contributed by atoms with E-state index in [-0.39, 0.29) is 23.5 Å². The number of fused-ring (bicyclic) bond motifs is 1. The Hall–Kier alpha value is -2.06. The summed E-state index contributed by atoms with van der Waals surface area (Å²) >= 11 is 0. The van der Waals surface area contributed by atoms with Crippen LogP contribution in [0.25, 0.3) is 0 Å². The molecule has 0 radical (unpaired) electrons. The first-order chi connectivity index (χ1) is 14.1. The average Bonchev–Trinajstić information content (AvgIpc) is 2.80. The topological polar surface area (TPSA) is 55.4 Å². The molecule has 4 nitrogen and oxygen atoms in total. The minimum absolute atomic E-state index is 0.108. The fraction of sp³-hybridized carbons (Fsp3) is 0.455. The molecule has 0 spiro atoms. The number of methoxy groups -OCH3 is 1. The highest BCUT2D eigenvalue weighted by molar-refractivity contribution is 7.91. The molecule has 30 heavy (non-hydrogen) atoms. The van der Waals surface area contributed by atoms with Gasteiger partial charge in [0.25, 0.3) is 0 Å². The van der Waals surface area contributed by atoms with Crippen molar-refractivity contribution in [2.24, 2.45) is 0 Å². The predicted octanol–water partition coefficient (Wildman–Crippen LogP) is 5.04. The van der Waals surface area contributed by atoms with Crippen molar-refractivity contribution in [3.8, 4) is 5.75 Å². The van der Waals surface area contributed by atoms with Crippen LogP contribution >= 0.6 is 0 Å². The van der Waals surface area contributed by atoms with Gasteiger partial charge in [0.2, 0.25) is 0 Å². The first-order valence-electron chi connectivity index (χ1n) is 9.89. The van der Waals surface area contributed by atoms with Crippen LogP contribution in [-0.4, -0.2) is 33.0 Å². The molecular weight excluding hydrogens is 415 g/mol. The SMILES string of the molecule is CCC1(CCCC(F)(F)F)CS(=O)(=O)c2cc(OC)ccc2C(c2ccccc2)N1. The highest BCUT2D eigenvalue weighted by Gasteiger charge is 2.42. The summed E-state index contributed by atoms with van der Waals surface area (Å²) in [4.78, 5) is 0.161. The van der Waals surface area contributed by atoms with Crippen LogP contribution in [0.5, 0.6) is 5.75 Å². The van der Waals surface area contributed by atoms with Crippen LogP contribution in [0.4, 0.5) is 13.2 Å². The molecule has 2 aromatic rings. The van der Waals surface area contributed by atoms with Crippen molar-refractivity contribution in [3.05, 3.63) is 59.7 Å². The molecule has 8 heteroatoms. The molecule has 164 valence electrons. The minimum atomic E-state index is -4.27. The van der Waals surface area contributed by atoms with E-state index in [0.29, 0.717) is 17.7 Å². The number of rotatable bonds is 6. The van der Waals surface area contributed by atoms with E-state index in [0.717, 1.165) is 5.56 Å².